The van der Waals surface area contributed by atoms with Gasteiger partial charge in [0, 0.05) is 0 Å². The first-order chi connectivity index (χ1) is 10.5. The third kappa shape index (κ3) is 5.47. The molecule has 0 saturated heterocycles. The minimum Gasteiger partial charge on any atom is -0.481 e. The Hall–Kier alpha value is -1.67. The minimum atomic E-state index is -1.30. The number of carbonyl (C=O) groups excluding carboxylic acids is 1. The number of nitrogens with two attached hydrogens (primary N) is 1. The molecule has 0 aromatic carbocycles. The zero-order valence-electron chi connectivity index (χ0n) is 13.7. The van der Waals surface area contributed by atoms with E-state index < -0.39 is 36.4 Å². The van der Waals surface area contributed by atoms with Gasteiger partial charge in [-0.1, -0.05) is 20.8 Å². The van der Waals surface area contributed by atoms with Gasteiger partial charge in [0.15, 0.2) is 6.04 Å². The van der Waals surface area contributed by atoms with Crippen LogP contribution >= 0.6 is 0 Å². The third-order valence-electron chi connectivity index (χ3n) is 4.32. The number of carboxylic acids is 2. The highest BCUT2D eigenvalue weighted by molar-refractivity contribution is 5.89. The molecule has 0 aromatic rings. The monoisotopic (exact) mass is 330 g/mol. The standard InChI is InChI=1S/C15H26N2O6/c1-8-4-5-15(2,3)12(8)23-7-10(14(21)22)17-13(20)9(16)6-11(18)19/h8-10,12H,4-7,16H2,1-3H3,(H,17,20)(H,18,19)(H,21,22)/t8?,9-,10-,12?/m0/s1. The number of hydrogen-bond acceptors (Lipinski definition) is 5. The SMILES string of the molecule is CC1CCC(C)(C)C1OC[C@H](NC(=O)[C@@H](N)CC(=O)O)C(=O)O. The molecule has 1 fully saturated rings. The van der Waals surface area contributed by atoms with Gasteiger partial charge in [-0.15, -0.1) is 0 Å². The summed E-state index contributed by atoms with van der Waals surface area (Å²) < 4.78 is 5.76. The van der Waals surface area contributed by atoms with Gasteiger partial charge < -0.3 is 26.0 Å². The molecule has 8 heteroatoms. The first-order valence-corrected chi connectivity index (χ1v) is 7.66. The van der Waals surface area contributed by atoms with Crippen molar-refractivity contribution in [1.29, 1.82) is 0 Å². The van der Waals surface area contributed by atoms with E-state index in [2.05, 4.69) is 26.1 Å². The number of nitrogens with one attached hydrogen (secondary N) is 1. The zero-order chi connectivity index (χ0) is 17.8. The fourth-order valence-corrected chi connectivity index (χ4v) is 2.99. The van der Waals surface area contributed by atoms with E-state index in [1.807, 2.05) is 0 Å². The zero-order valence-corrected chi connectivity index (χ0v) is 13.7. The largest absolute Gasteiger partial charge is 0.481 e. The van der Waals surface area contributed by atoms with Crippen LogP contribution in [0.5, 0.6) is 0 Å². The van der Waals surface area contributed by atoms with Crippen LogP contribution in [0, 0.1) is 11.3 Å². The van der Waals surface area contributed by atoms with Gasteiger partial charge >= 0.3 is 11.9 Å². The molecular formula is C15H26N2O6. The second kappa shape index (κ2) is 7.74. The maximum Gasteiger partial charge on any atom is 0.328 e. The van der Waals surface area contributed by atoms with E-state index >= 15 is 0 Å². The van der Waals surface area contributed by atoms with Gasteiger partial charge in [-0.2, -0.15) is 0 Å². The highest BCUT2D eigenvalue weighted by Gasteiger charge is 2.41. The summed E-state index contributed by atoms with van der Waals surface area (Å²) in [4.78, 5) is 33.6. The molecule has 5 N–H and O–H groups in total. The average molecular weight is 330 g/mol. The Bertz CT molecular complexity index is 465. The van der Waals surface area contributed by atoms with Gasteiger partial charge in [-0.25, -0.2) is 4.79 Å². The summed E-state index contributed by atoms with van der Waals surface area (Å²) in [5.74, 6) is -2.98. The Labute approximate surface area is 135 Å². The van der Waals surface area contributed by atoms with Crippen LogP contribution in [0.1, 0.15) is 40.0 Å². The molecule has 4 atom stereocenters. The molecule has 1 saturated carbocycles. The van der Waals surface area contributed by atoms with E-state index in [1.165, 1.54) is 0 Å². The van der Waals surface area contributed by atoms with Gasteiger partial charge in [0.2, 0.25) is 5.91 Å². The minimum absolute atomic E-state index is 0.0494. The van der Waals surface area contributed by atoms with Gasteiger partial charge in [0.25, 0.3) is 0 Å². The van der Waals surface area contributed by atoms with Crippen molar-refractivity contribution < 1.29 is 29.3 Å². The summed E-state index contributed by atoms with van der Waals surface area (Å²) in [6.45, 7) is 6.01. The number of carbonyl (C=O) groups is 3. The third-order valence-corrected chi connectivity index (χ3v) is 4.32. The first kappa shape index (κ1) is 19.4. The van der Waals surface area contributed by atoms with Crippen LogP contribution in [0.4, 0.5) is 0 Å². The number of hydrogen-bond donors (Lipinski definition) is 4. The normalized spacial score (nSPS) is 25.6. The molecule has 0 aromatic heterocycles. The molecule has 0 spiro atoms. The molecule has 1 aliphatic rings. The number of ether oxygens (including phenoxy) is 1. The smallest absolute Gasteiger partial charge is 0.328 e. The molecule has 0 heterocycles. The summed E-state index contributed by atoms with van der Waals surface area (Å²) in [5.41, 5.74) is 5.37. The van der Waals surface area contributed by atoms with Gasteiger partial charge in [0.1, 0.15) is 0 Å². The van der Waals surface area contributed by atoms with Crippen molar-refractivity contribution in [2.24, 2.45) is 17.1 Å². The fraction of sp³-hybridized carbons (Fsp3) is 0.800. The molecule has 8 nitrogen and oxygen atoms in total. The van der Waals surface area contributed by atoms with Gasteiger partial charge in [0.05, 0.1) is 25.2 Å². The van der Waals surface area contributed by atoms with Crippen molar-refractivity contribution in [2.45, 2.75) is 58.2 Å². The molecule has 0 bridgehead atoms. The molecule has 1 aliphatic carbocycles. The van der Waals surface area contributed by atoms with E-state index in [0.29, 0.717) is 5.92 Å². The Morgan fingerprint density at radius 3 is 2.39 bits per heavy atom. The van der Waals surface area contributed by atoms with Gasteiger partial charge in [-0.3, -0.25) is 9.59 Å². The van der Waals surface area contributed by atoms with Crippen molar-refractivity contribution in [3.8, 4) is 0 Å². The lowest BCUT2D eigenvalue weighted by Gasteiger charge is -2.30. The lowest BCUT2D eigenvalue weighted by molar-refractivity contribution is -0.146. The molecule has 1 rings (SSSR count). The number of amides is 1. The summed E-state index contributed by atoms with van der Waals surface area (Å²) in [5, 5.41) is 20.0. The van der Waals surface area contributed by atoms with Crippen LogP contribution in [-0.4, -0.2) is 52.9 Å². The molecule has 0 radical (unpaired) electrons. The Kier molecular flexibility index (Phi) is 6.52. The molecule has 132 valence electrons. The summed E-state index contributed by atoms with van der Waals surface area (Å²) >= 11 is 0. The fourth-order valence-electron chi connectivity index (χ4n) is 2.99. The molecule has 0 aliphatic heterocycles. The Morgan fingerprint density at radius 1 is 1.35 bits per heavy atom. The van der Waals surface area contributed by atoms with Gasteiger partial charge in [-0.05, 0) is 24.2 Å². The van der Waals surface area contributed by atoms with Crippen molar-refractivity contribution in [3.63, 3.8) is 0 Å². The van der Waals surface area contributed by atoms with Crippen LogP contribution in [0.25, 0.3) is 0 Å². The molecular weight excluding hydrogens is 304 g/mol. The van der Waals surface area contributed by atoms with E-state index in [4.69, 9.17) is 15.6 Å². The number of carboxylic acid groups (broad SMARTS) is 2. The van der Waals surface area contributed by atoms with Crippen molar-refractivity contribution in [1.82, 2.24) is 5.32 Å². The van der Waals surface area contributed by atoms with Crippen LogP contribution in [0.3, 0.4) is 0 Å². The highest BCUT2D eigenvalue weighted by Crippen LogP contribution is 2.42. The van der Waals surface area contributed by atoms with Crippen molar-refractivity contribution in [3.05, 3.63) is 0 Å². The predicted molar refractivity (Wildman–Crippen MR) is 81.7 cm³/mol. The Balaban J connectivity index is 2.61. The Morgan fingerprint density at radius 2 is 1.96 bits per heavy atom. The maximum atomic E-state index is 11.8. The van der Waals surface area contributed by atoms with Crippen LogP contribution < -0.4 is 11.1 Å². The quantitative estimate of drug-likeness (QED) is 0.498. The molecule has 23 heavy (non-hydrogen) atoms. The van der Waals surface area contributed by atoms with E-state index in [1.54, 1.807) is 0 Å². The topological polar surface area (TPSA) is 139 Å². The average Bonchev–Trinajstić information content (AvgIpc) is 2.67. The van der Waals surface area contributed by atoms with E-state index in [0.717, 1.165) is 12.8 Å². The van der Waals surface area contributed by atoms with Crippen molar-refractivity contribution >= 4 is 17.8 Å². The predicted octanol–water partition coefficient (Wildman–Crippen LogP) is 0.199. The summed E-state index contributed by atoms with van der Waals surface area (Å²) in [7, 11) is 0. The van der Waals surface area contributed by atoms with Crippen LogP contribution in [0.2, 0.25) is 0 Å². The first-order valence-electron chi connectivity index (χ1n) is 7.66. The number of aliphatic carboxylic acids is 2. The van der Waals surface area contributed by atoms with Crippen LogP contribution in [0.15, 0.2) is 0 Å². The molecule has 2 unspecified atom stereocenters. The van der Waals surface area contributed by atoms with Crippen LogP contribution in [-0.2, 0) is 19.1 Å². The number of rotatable bonds is 8. The summed E-state index contributed by atoms with van der Waals surface area (Å²) in [6, 6.07) is -2.55. The second-order valence-electron chi connectivity index (χ2n) is 6.86. The highest BCUT2D eigenvalue weighted by atomic mass is 16.5. The lowest BCUT2D eigenvalue weighted by atomic mass is 9.87. The van der Waals surface area contributed by atoms with E-state index in [-0.39, 0.29) is 18.1 Å². The second-order valence-corrected chi connectivity index (χ2v) is 6.86. The summed E-state index contributed by atoms with van der Waals surface area (Å²) in [6.07, 6.45) is 1.34. The molecule has 1 amide bonds. The van der Waals surface area contributed by atoms with E-state index in [9.17, 15) is 19.5 Å². The maximum absolute atomic E-state index is 11.8. The van der Waals surface area contributed by atoms with Crippen molar-refractivity contribution in [2.75, 3.05) is 6.61 Å². The lowest BCUT2D eigenvalue weighted by Crippen LogP contribution is -2.51.